The van der Waals surface area contributed by atoms with Crippen LogP contribution in [0.4, 0.5) is 0 Å². The molecule has 17 heavy (non-hydrogen) atoms. The zero-order valence-corrected chi connectivity index (χ0v) is 11.4. The normalized spacial score (nSPS) is 18.9. The number of hydrogen-bond donors (Lipinski definition) is 1. The van der Waals surface area contributed by atoms with Crippen molar-refractivity contribution in [2.45, 2.75) is 31.8 Å². The molecule has 1 aromatic carbocycles. The van der Waals surface area contributed by atoms with Crippen molar-refractivity contribution < 1.29 is 4.74 Å². The molecule has 2 nitrogen and oxygen atoms in total. The average Bonchev–Trinajstić information content (AvgIpc) is 2.40. The molecule has 1 atom stereocenters. The lowest BCUT2D eigenvalue weighted by Crippen LogP contribution is -2.34. The highest BCUT2D eigenvalue weighted by Crippen LogP contribution is 2.22. The molecule has 1 heterocycles. The van der Waals surface area contributed by atoms with Crippen LogP contribution in [0.5, 0.6) is 5.75 Å². The predicted octanol–water partition coefficient (Wildman–Crippen LogP) is 3.24. The topological polar surface area (TPSA) is 21.3 Å². The SMILES string of the molecule is COc1ccc(C(C)NC2CCSCC2)cc1. The first-order valence-corrected chi connectivity index (χ1v) is 7.43. The lowest BCUT2D eigenvalue weighted by atomic mass is 10.1. The molecule has 2 rings (SSSR count). The summed E-state index contributed by atoms with van der Waals surface area (Å²) in [6.45, 7) is 2.24. The molecule has 1 N–H and O–H groups in total. The first kappa shape index (κ1) is 12.8. The van der Waals surface area contributed by atoms with Crippen LogP contribution < -0.4 is 10.1 Å². The van der Waals surface area contributed by atoms with E-state index in [2.05, 4.69) is 36.1 Å². The van der Waals surface area contributed by atoms with Crippen LogP contribution in [0.25, 0.3) is 0 Å². The van der Waals surface area contributed by atoms with Gasteiger partial charge >= 0.3 is 0 Å². The minimum absolute atomic E-state index is 0.425. The summed E-state index contributed by atoms with van der Waals surface area (Å²) in [5.41, 5.74) is 1.34. The van der Waals surface area contributed by atoms with Crippen molar-refractivity contribution in [3.05, 3.63) is 29.8 Å². The molecule has 0 aromatic heterocycles. The summed E-state index contributed by atoms with van der Waals surface area (Å²) in [6, 6.07) is 9.47. The molecule has 94 valence electrons. The molecule has 1 saturated heterocycles. The summed E-state index contributed by atoms with van der Waals surface area (Å²) in [7, 11) is 1.70. The molecule has 1 aliphatic heterocycles. The summed E-state index contributed by atoms with van der Waals surface area (Å²) in [4.78, 5) is 0. The van der Waals surface area contributed by atoms with Crippen molar-refractivity contribution in [1.82, 2.24) is 5.32 Å². The number of ether oxygens (including phenoxy) is 1. The van der Waals surface area contributed by atoms with Crippen molar-refractivity contribution in [1.29, 1.82) is 0 Å². The van der Waals surface area contributed by atoms with Crippen LogP contribution >= 0.6 is 11.8 Å². The zero-order chi connectivity index (χ0) is 12.1. The lowest BCUT2D eigenvalue weighted by Gasteiger charge is -2.26. The van der Waals surface area contributed by atoms with Crippen LogP contribution in [0, 0.1) is 0 Å². The third-order valence-corrected chi connectivity index (χ3v) is 4.37. The summed E-state index contributed by atoms with van der Waals surface area (Å²) in [5, 5.41) is 3.72. The van der Waals surface area contributed by atoms with Crippen LogP contribution in [0.2, 0.25) is 0 Å². The average molecular weight is 251 g/mol. The van der Waals surface area contributed by atoms with E-state index < -0.39 is 0 Å². The third-order valence-electron chi connectivity index (χ3n) is 3.32. The standard InChI is InChI=1S/C14H21NOS/c1-11(15-13-7-9-17-10-8-13)12-3-5-14(16-2)6-4-12/h3-6,11,13,15H,7-10H2,1-2H3. The molecule has 0 saturated carbocycles. The van der Waals surface area contributed by atoms with Gasteiger partial charge in [-0.3, -0.25) is 0 Å². The van der Waals surface area contributed by atoms with Gasteiger partial charge in [-0.05, 0) is 49.0 Å². The Balaban J connectivity index is 1.91. The number of methoxy groups -OCH3 is 1. The quantitative estimate of drug-likeness (QED) is 0.887. The zero-order valence-electron chi connectivity index (χ0n) is 10.6. The second-order valence-corrected chi connectivity index (χ2v) is 5.77. The fraction of sp³-hybridized carbons (Fsp3) is 0.571. The Labute approximate surface area is 108 Å². The molecular formula is C14H21NOS. The fourth-order valence-electron chi connectivity index (χ4n) is 2.21. The highest BCUT2D eigenvalue weighted by molar-refractivity contribution is 7.99. The molecule has 1 aliphatic rings. The van der Waals surface area contributed by atoms with Gasteiger partial charge in [0, 0.05) is 12.1 Å². The van der Waals surface area contributed by atoms with Gasteiger partial charge in [-0.25, -0.2) is 0 Å². The minimum Gasteiger partial charge on any atom is -0.497 e. The Morgan fingerprint density at radius 2 is 1.88 bits per heavy atom. The van der Waals surface area contributed by atoms with E-state index in [0.717, 1.165) is 5.75 Å². The number of hydrogen-bond acceptors (Lipinski definition) is 3. The van der Waals surface area contributed by atoms with Gasteiger partial charge in [0.1, 0.15) is 5.75 Å². The fourth-order valence-corrected chi connectivity index (χ4v) is 3.31. The molecule has 1 aromatic rings. The van der Waals surface area contributed by atoms with Crippen molar-refractivity contribution in [3.8, 4) is 5.75 Å². The van der Waals surface area contributed by atoms with Crippen molar-refractivity contribution >= 4 is 11.8 Å². The Kier molecular flexibility index (Phi) is 4.75. The Morgan fingerprint density at radius 3 is 2.47 bits per heavy atom. The van der Waals surface area contributed by atoms with Crippen LogP contribution in [-0.2, 0) is 0 Å². The molecule has 0 amide bonds. The van der Waals surface area contributed by atoms with E-state index in [9.17, 15) is 0 Å². The molecular weight excluding hydrogens is 230 g/mol. The third kappa shape index (κ3) is 3.65. The van der Waals surface area contributed by atoms with Gasteiger partial charge in [-0.2, -0.15) is 11.8 Å². The van der Waals surface area contributed by atoms with E-state index in [0.29, 0.717) is 12.1 Å². The van der Waals surface area contributed by atoms with Crippen molar-refractivity contribution in [3.63, 3.8) is 0 Å². The van der Waals surface area contributed by atoms with Gasteiger partial charge in [0.2, 0.25) is 0 Å². The molecule has 1 unspecified atom stereocenters. The molecule has 0 aliphatic carbocycles. The first-order chi connectivity index (χ1) is 8.29. The summed E-state index contributed by atoms with van der Waals surface area (Å²) < 4.78 is 5.18. The molecule has 0 radical (unpaired) electrons. The van der Waals surface area contributed by atoms with Crippen LogP contribution in [0.3, 0.4) is 0 Å². The summed E-state index contributed by atoms with van der Waals surface area (Å²) >= 11 is 2.07. The van der Waals surface area contributed by atoms with Gasteiger partial charge in [0.15, 0.2) is 0 Å². The predicted molar refractivity (Wildman–Crippen MR) is 74.9 cm³/mol. The van der Waals surface area contributed by atoms with Crippen molar-refractivity contribution in [2.75, 3.05) is 18.6 Å². The molecule has 0 bridgehead atoms. The van der Waals surface area contributed by atoms with Crippen molar-refractivity contribution in [2.24, 2.45) is 0 Å². The first-order valence-electron chi connectivity index (χ1n) is 6.27. The maximum absolute atomic E-state index is 5.18. The Bertz CT molecular complexity index is 333. The second kappa shape index (κ2) is 6.31. The van der Waals surface area contributed by atoms with Gasteiger partial charge in [0.25, 0.3) is 0 Å². The van der Waals surface area contributed by atoms with Crippen LogP contribution in [0.1, 0.15) is 31.4 Å². The van der Waals surface area contributed by atoms with Crippen LogP contribution in [0.15, 0.2) is 24.3 Å². The maximum Gasteiger partial charge on any atom is 0.118 e. The minimum atomic E-state index is 0.425. The molecule has 3 heteroatoms. The Morgan fingerprint density at radius 1 is 1.24 bits per heavy atom. The van der Waals surface area contributed by atoms with Gasteiger partial charge in [0.05, 0.1) is 7.11 Å². The highest BCUT2D eigenvalue weighted by Gasteiger charge is 2.16. The van der Waals surface area contributed by atoms with Gasteiger partial charge < -0.3 is 10.1 Å². The largest absolute Gasteiger partial charge is 0.497 e. The van der Waals surface area contributed by atoms with E-state index in [1.54, 1.807) is 7.11 Å². The number of benzene rings is 1. The summed E-state index contributed by atoms with van der Waals surface area (Å²) in [5.74, 6) is 3.52. The smallest absolute Gasteiger partial charge is 0.118 e. The summed E-state index contributed by atoms with van der Waals surface area (Å²) in [6.07, 6.45) is 2.59. The van der Waals surface area contributed by atoms with Crippen LogP contribution in [-0.4, -0.2) is 24.7 Å². The number of nitrogens with one attached hydrogen (secondary N) is 1. The maximum atomic E-state index is 5.18. The van der Waals surface area contributed by atoms with E-state index in [1.807, 2.05) is 12.1 Å². The Hall–Kier alpha value is -0.670. The number of rotatable bonds is 4. The van der Waals surface area contributed by atoms with E-state index >= 15 is 0 Å². The van der Waals surface area contributed by atoms with E-state index in [4.69, 9.17) is 4.74 Å². The monoisotopic (exact) mass is 251 g/mol. The second-order valence-electron chi connectivity index (χ2n) is 4.55. The lowest BCUT2D eigenvalue weighted by molar-refractivity contribution is 0.412. The molecule has 1 fully saturated rings. The van der Waals surface area contributed by atoms with Gasteiger partial charge in [-0.1, -0.05) is 12.1 Å². The van der Waals surface area contributed by atoms with Gasteiger partial charge in [-0.15, -0.1) is 0 Å². The van der Waals surface area contributed by atoms with E-state index in [-0.39, 0.29) is 0 Å². The molecule has 0 spiro atoms. The highest BCUT2D eigenvalue weighted by atomic mass is 32.2. The number of thioether (sulfide) groups is 1. The van der Waals surface area contributed by atoms with E-state index in [1.165, 1.54) is 29.9 Å².